The largest absolute Gasteiger partial charge is 0.418 e. The molecule has 2 rings (SSSR count). The lowest BCUT2D eigenvalue weighted by molar-refractivity contribution is -0.137. The lowest BCUT2D eigenvalue weighted by atomic mass is 10.1. The van der Waals surface area contributed by atoms with E-state index in [2.05, 4.69) is 5.32 Å². The van der Waals surface area contributed by atoms with Gasteiger partial charge >= 0.3 is 6.18 Å². The van der Waals surface area contributed by atoms with Crippen LogP contribution in [0.2, 0.25) is 0 Å². The van der Waals surface area contributed by atoms with E-state index in [1.165, 1.54) is 0 Å². The number of anilines is 1. The second kappa shape index (κ2) is 6.74. The Morgan fingerprint density at radius 3 is 2.24 bits per heavy atom. The maximum absolute atomic E-state index is 13.3. The molecule has 5 nitrogen and oxygen atoms in total. The topological polar surface area (TPSA) is 96.0 Å². The summed E-state index contributed by atoms with van der Waals surface area (Å²) in [6.45, 7) is 1.65. The van der Waals surface area contributed by atoms with Crippen LogP contribution in [0.5, 0.6) is 0 Å². The Morgan fingerprint density at radius 1 is 1.16 bits per heavy atom. The number of benzene rings is 2. The van der Waals surface area contributed by atoms with Crippen LogP contribution in [0, 0.1) is 11.3 Å². The van der Waals surface area contributed by atoms with Gasteiger partial charge in [-0.05, 0) is 42.8 Å². The molecule has 0 aliphatic carbocycles. The van der Waals surface area contributed by atoms with E-state index in [4.69, 9.17) is 10.4 Å². The average molecular weight is 369 g/mol. The van der Waals surface area contributed by atoms with E-state index in [1.54, 1.807) is 31.2 Å². The van der Waals surface area contributed by atoms with Gasteiger partial charge in [-0.15, -0.1) is 0 Å². The van der Waals surface area contributed by atoms with Crippen LogP contribution >= 0.6 is 0 Å². The summed E-state index contributed by atoms with van der Waals surface area (Å²) in [6.07, 6.45) is -4.76. The van der Waals surface area contributed by atoms with E-state index >= 15 is 0 Å². The van der Waals surface area contributed by atoms with E-state index in [1.807, 2.05) is 6.07 Å². The molecule has 132 valence electrons. The minimum absolute atomic E-state index is 0.267. The summed E-state index contributed by atoms with van der Waals surface area (Å²) in [7, 11) is -4.25. The van der Waals surface area contributed by atoms with Crippen molar-refractivity contribution in [1.82, 2.24) is 0 Å². The molecule has 25 heavy (non-hydrogen) atoms. The van der Waals surface area contributed by atoms with Gasteiger partial charge in [0, 0.05) is 11.7 Å². The van der Waals surface area contributed by atoms with Crippen molar-refractivity contribution in [3.05, 3.63) is 59.2 Å². The zero-order valence-electron chi connectivity index (χ0n) is 13.0. The predicted octanol–water partition coefficient (Wildman–Crippen LogP) is 3.40. The Bertz CT molecular complexity index is 917. The van der Waals surface area contributed by atoms with E-state index < -0.39 is 32.7 Å². The Hall–Kier alpha value is -2.57. The van der Waals surface area contributed by atoms with E-state index in [0.29, 0.717) is 17.2 Å². The van der Waals surface area contributed by atoms with Crippen LogP contribution in [0.3, 0.4) is 0 Å². The molecular formula is C16H14F3N3O2S. The van der Waals surface area contributed by atoms with Crippen LogP contribution < -0.4 is 10.5 Å². The first kappa shape index (κ1) is 18.8. The highest BCUT2D eigenvalue weighted by atomic mass is 32.2. The summed E-state index contributed by atoms with van der Waals surface area (Å²) >= 11 is 0. The number of sulfonamides is 1. The van der Waals surface area contributed by atoms with Crippen molar-refractivity contribution in [2.24, 2.45) is 5.14 Å². The Balaban J connectivity index is 2.39. The molecule has 2 aromatic carbocycles. The zero-order chi connectivity index (χ0) is 18.8. The third-order valence-electron chi connectivity index (χ3n) is 3.54. The maximum atomic E-state index is 13.3. The second-order valence-electron chi connectivity index (χ2n) is 5.35. The predicted molar refractivity (Wildman–Crippen MR) is 86.0 cm³/mol. The Labute approximate surface area is 142 Å². The summed E-state index contributed by atoms with van der Waals surface area (Å²) in [5.41, 5.74) is -0.289. The first-order chi connectivity index (χ1) is 11.5. The van der Waals surface area contributed by atoms with Gasteiger partial charge in [0.2, 0.25) is 10.0 Å². The average Bonchev–Trinajstić information content (AvgIpc) is 2.53. The second-order valence-corrected chi connectivity index (χ2v) is 6.91. The lowest BCUT2D eigenvalue weighted by Gasteiger charge is -2.20. The van der Waals surface area contributed by atoms with E-state index in [0.717, 1.165) is 12.1 Å². The molecule has 2 aromatic rings. The Morgan fingerprint density at radius 2 is 1.76 bits per heavy atom. The molecule has 0 fully saturated rings. The van der Waals surface area contributed by atoms with Gasteiger partial charge in [0.1, 0.15) is 0 Å². The number of nitrogens with two attached hydrogens (primary N) is 1. The molecular weight excluding hydrogens is 355 g/mol. The number of nitrogens with zero attached hydrogens (tertiary/aromatic N) is 1. The molecule has 0 saturated heterocycles. The minimum Gasteiger partial charge on any atom is -0.378 e. The third-order valence-corrected chi connectivity index (χ3v) is 4.45. The number of nitrogens with one attached hydrogen (secondary N) is 1. The lowest BCUT2D eigenvalue weighted by Crippen LogP contribution is -2.17. The zero-order valence-corrected chi connectivity index (χ0v) is 13.8. The molecule has 1 unspecified atom stereocenters. The van der Waals surface area contributed by atoms with Gasteiger partial charge in [0.05, 0.1) is 22.1 Å². The number of halogens is 3. The summed E-state index contributed by atoms with van der Waals surface area (Å²) in [5.74, 6) is 0. The molecule has 0 aliphatic heterocycles. The first-order valence-corrected chi connectivity index (χ1v) is 8.57. The van der Waals surface area contributed by atoms with Crippen molar-refractivity contribution >= 4 is 15.7 Å². The first-order valence-electron chi connectivity index (χ1n) is 7.03. The third kappa shape index (κ3) is 4.49. The van der Waals surface area contributed by atoms with Crippen LogP contribution in [0.15, 0.2) is 47.4 Å². The van der Waals surface area contributed by atoms with Crippen LogP contribution in [-0.4, -0.2) is 8.42 Å². The van der Waals surface area contributed by atoms with Crippen LogP contribution in [-0.2, 0) is 16.2 Å². The fourth-order valence-electron chi connectivity index (χ4n) is 2.22. The summed E-state index contributed by atoms with van der Waals surface area (Å²) in [6, 6.07) is 10.4. The highest BCUT2D eigenvalue weighted by Crippen LogP contribution is 2.37. The van der Waals surface area contributed by atoms with Crippen molar-refractivity contribution < 1.29 is 21.6 Å². The van der Waals surface area contributed by atoms with Gasteiger partial charge in [-0.3, -0.25) is 0 Å². The van der Waals surface area contributed by atoms with Gasteiger partial charge in [-0.1, -0.05) is 12.1 Å². The SMILES string of the molecule is CC(Nc1ccc(S(N)(=O)=O)cc1C(F)(F)F)c1ccc(C#N)cc1. The molecule has 0 bridgehead atoms. The number of primary sulfonamides is 1. The van der Waals surface area contributed by atoms with Crippen LogP contribution in [0.1, 0.15) is 29.7 Å². The molecule has 0 heterocycles. The smallest absolute Gasteiger partial charge is 0.378 e. The van der Waals surface area contributed by atoms with Crippen molar-refractivity contribution in [2.75, 3.05) is 5.32 Å². The molecule has 3 N–H and O–H groups in total. The van der Waals surface area contributed by atoms with Crippen molar-refractivity contribution in [1.29, 1.82) is 5.26 Å². The molecule has 0 saturated carbocycles. The monoisotopic (exact) mass is 369 g/mol. The van der Waals surface area contributed by atoms with Crippen LogP contribution in [0.25, 0.3) is 0 Å². The van der Waals surface area contributed by atoms with Crippen molar-refractivity contribution in [3.8, 4) is 6.07 Å². The number of alkyl halides is 3. The summed E-state index contributed by atoms with van der Waals surface area (Å²) in [4.78, 5) is -0.614. The molecule has 9 heteroatoms. The van der Waals surface area contributed by atoms with Gasteiger partial charge in [0.25, 0.3) is 0 Å². The fraction of sp³-hybridized carbons (Fsp3) is 0.188. The molecule has 1 atom stereocenters. The standard InChI is InChI=1S/C16H14F3N3O2S/c1-10(12-4-2-11(9-20)3-5-12)22-15-7-6-13(25(21,23)24)8-14(15)16(17,18)19/h2-8,10,22H,1H3,(H2,21,23,24). The van der Waals surface area contributed by atoms with E-state index in [-0.39, 0.29) is 5.69 Å². The molecule has 0 aliphatic rings. The Kier molecular flexibility index (Phi) is 5.06. The quantitative estimate of drug-likeness (QED) is 0.863. The molecule has 0 spiro atoms. The molecule has 0 aromatic heterocycles. The highest BCUT2D eigenvalue weighted by Gasteiger charge is 2.35. The number of rotatable bonds is 4. The minimum atomic E-state index is -4.76. The van der Waals surface area contributed by atoms with Crippen LogP contribution in [0.4, 0.5) is 18.9 Å². The molecule has 0 radical (unpaired) electrons. The van der Waals surface area contributed by atoms with Crippen molar-refractivity contribution in [2.45, 2.75) is 24.0 Å². The number of hydrogen-bond donors (Lipinski definition) is 2. The summed E-state index contributed by atoms with van der Waals surface area (Å²) < 4.78 is 62.4. The normalized spacial score (nSPS) is 13.1. The number of nitriles is 1. The van der Waals surface area contributed by atoms with Gasteiger partial charge in [-0.2, -0.15) is 18.4 Å². The van der Waals surface area contributed by atoms with Gasteiger partial charge in [-0.25, -0.2) is 13.6 Å². The highest BCUT2D eigenvalue weighted by molar-refractivity contribution is 7.89. The van der Waals surface area contributed by atoms with Crippen molar-refractivity contribution in [3.63, 3.8) is 0 Å². The number of hydrogen-bond acceptors (Lipinski definition) is 4. The summed E-state index contributed by atoms with van der Waals surface area (Å²) in [5, 5.41) is 16.4. The van der Waals surface area contributed by atoms with Gasteiger partial charge in [0.15, 0.2) is 0 Å². The van der Waals surface area contributed by atoms with Gasteiger partial charge < -0.3 is 5.32 Å². The van der Waals surface area contributed by atoms with E-state index in [9.17, 15) is 21.6 Å². The maximum Gasteiger partial charge on any atom is 0.418 e. The fourth-order valence-corrected chi connectivity index (χ4v) is 2.76. The molecule has 0 amide bonds.